The molecule has 0 aromatic heterocycles. The molecule has 0 heterocycles. The fourth-order valence-electron chi connectivity index (χ4n) is 4.47. The smallest absolute Gasteiger partial charge is 0.269 e. The topological polar surface area (TPSA) is 138 Å². The number of benzene rings is 2. The lowest BCUT2D eigenvalue weighted by Crippen LogP contribution is -2.53. The summed E-state index contributed by atoms with van der Waals surface area (Å²) >= 11 is 0. The number of hydrogen-bond acceptors (Lipinski definition) is 8. The number of aliphatic hydroxyl groups excluding tert-OH is 3. The van der Waals surface area contributed by atoms with Crippen LogP contribution in [0.3, 0.4) is 0 Å². The number of nitrogens with zero attached hydrogens (tertiary/aromatic N) is 4. The largest absolute Gasteiger partial charge is 0.494 e. The highest BCUT2D eigenvalue weighted by Crippen LogP contribution is 2.23. The van der Waals surface area contributed by atoms with E-state index in [1.54, 1.807) is 12.1 Å². The molecule has 0 aliphatic rings. The molecule has 0 aliphatic heterocycles. The maximum Gasteiger partial charge on any atom is 0.269 e. The maximum atomic E-state index is 10.7. The Hall–Kier alpha value is -2.92. The lowest BCUT2D eigenvalue weighted by atomic mass is 10.1. The first-order valence-corrected chi connectivity index (χ1v) is 13.6. The van der Waals surface area contributed by atoms with Crippen molar-refractivity contribution < 1.29 is 29.5 Å². The summed E-state index contributed by atoms with van der Waals surface area (Å²) in [6, 6.07) is 13.3. The number of ether oxygens (including phenoxy) is 1. The highest BCUT2D eigenvalue weighted by Gasteiger charge is 2.25. The molecule has 0 bridgehead atoms. The van der Waals surface area contributed by atoms with Gasteiger partial charge in [-0.15, -0.1) is 0 Å². The van der Waals surface area contributed by atoms with Crippen molar-refractivity contribution in [3.63, 3.8) is 0 Å². The second kappa shape index (κ2) is 18.4. The molecule has 0 amide bonds. The Bertz CT molecular complexity index is 920. The molecule has 0 fully saturated rings. The molecule has 0 aliphatic carbocycles. The highest BCUT2D eigenvalue weighted by atomic mass is 16.6. The molecule has 0 saturated carbocycles. The predicted octanol–water partition coefficient (Wildman–Crippen LogP) is 5.30. The molecular formula is C28H43N4O6+. The van der Waals surface area contributed by atoms with Crippen molar-refractivity contribution in [2.45, 2.75) is 51.4 Å². The van der Waals surface area contributed by atoms with Crippen LogP contribution in [-0.4, -0.2) is 77.3 Å². The molecule has 10 nitrogen and oxygen atoms in total. The van der Waals surface area contributed by atoms with Crippen LogP contribution in [0.1, 0.15) is 51.4 Å². The zero-order valence-corrected chi connectivity index (χ0v) is 22.3. The number of rotatable bonds is 21. The Morgan fingerprint density at radius 2 is 1.11 bits per heavy atom. The summed E-state index contributed by atoms with van der Waals surface area (Å²) in [5, 5.41) is 47.0. The Labute approximate surface area is 225 Å². The predicted molar refractivity (Wildman–Crippen MR) is 147 cm³/mol. The number of hydrogen-bond donors (Lipinski definition) is 3. The number of quaternary nitrogens is 1. The van der Waals surface area contributed by atoms with Crippen molar-refractivity contribution in [1.29, 1.82) is 0 Å². The van der Waals surface area contributed by atoms with Crippen LogP contribution in [-0.2, 0) is 0 Å². The lowest BCUT2D eigenvalue weighted by molar-refractivity contribution is -0.929. The van der Waals surface area contributed by atoms with Gasteiger partial charge in [-0.1, -0.05) is 32.1 Å². The minimum absolute atomic E-state index is 0.0213. The molecule has 2 aromatic rings. The summed E-state index contributed by atoms with van der Waals surface area (Å²) < 4.78 is 6.41. The van der Waals surface area contributed by atoms with Crippen LogP contribution in [0, 0.1) is 10.1 Å². The van der Waals surface area contributed by atoms with Crippen LogP contribution in [0.4, 0.5) is 17.1 Å². The summed E-state index contributed by atoms with van der Waals surface area (Å²) in [5.41, 5.74) is 1.25. The van der Waals surface area contributed by atoms with E-state index in [4.69, 9.17) is 4.74 Å². The molecule has 0 atom stereocenters. The number of non-ortho nitro benzene ring substituents is 1. The molecule has 2 rings (SSSR count). The third-order valence-corrected chi connectivity index (χ3v) is 6.70. The van der Waals surface area contributed by atoms with Gasteiger partial charge in [-0.2, -0.15) is 10.2 Å². The number of azo groups is 1. The van der Waals surface area contributed by atoms with Crippen LogP contribution in [0.25, 0.3) is 0 Å². The Morgan fingerprint density at radius 3 is 1.58 bits per heavy atom. The third kappa shape index (κ3) is 12.1. The first-order chi connectivity index (χ1) is 18.5. The average Bonchev–Trinajstić information content (AvgIpc) is 2.92. The third-order valence-electron chi connectivity index (χ3n) is 6.70. The fourth-order valence-corrected chi connectivity index (χ4v) is 4.47. The minimum atomic E-state index is -0.448. The molecule has 10 heteroatoms. The summed E-state index contributed by atoms with van der Waals surface area (Å²) in [4.78, 5) is 10.3. The number of aliphatic hydroxyl groups is 3. The van der Waals surface area contributed by atoms with Gasteiger partial charge in [0.05, 0.1) is 49.3 Å². The van der Waals surface area contributed by atoms with Crippen LogP contribution < -0.4 is 4.74 Å². The number of nitro groups is 1. The maximum absolute atomic E-state index is 10.7. The quantitative estimate of drug-likeness (QED) is 0.0657. The standard InChI is InChI=1S/C28H43N4O6/c33-21-18-32(19-22-34,20-23-35)17-7-5-3-1-2-4-6-8-24-38-28-15-11-26(12-16-28)30-29-25-9-13-27(14-10-25)31(36)37/h9-16,33-35H,1-8,17-24H2/q+1. The van der Waals surface area contributed by atoms with Gasteiger partial charge in [-0.3, -0.25) is 10.1 Å². The van der Waals surface area contributed by atoms with E-state index in [-0.39, 0.29) is 25.5 Å². The van der Waals surface area contributed by atoms with Gasteiger partial charge in [0, 0.05) is 12.1 Å². The SMILES string of the molecule is O=[N+]([O-])c1ccc(N=Nc2ccc(OCCCCCCCCCC[N+](CCO)(CCO)CCO)cc2)cc1. The first kappa shape index (κ1) is 31.3. The van der Waals surface area contributed by atoms with E-state index >= 15 is 0 Å². The van der Waals surface area contributed by atoms with Gasteiger partial charge >= 0.3 is 0 Å². The molecular weight excluding hydrogens is 488 g/mol. The Morgan fingerprint density at radius 1 is 0.658 bits per heavy atom. The minimum Gasteiger partial charge on any atom is -0.494 e. The van der Waals surface area contributed by atoms with E-state index in [9.17, 15) is 25.4 Å². The second-order valence-corrected chi connectivity index (χ2v) is 9.55. The Balaban J connectivity index is 1.53. The van der Waals surface area contributed by atoms with E-state index in [2.05, 4.69) is 10.2 Å². The zero-order chi connectivity index (χ0) is 27.5. The number of unbranched alkanes of at least 4 members (excludes halogenated alkanes) is 7. The van der Waals surface area contributed by atoms with Crippen molar-refractivity contribution in [2.24, 2.45) is 10.2 Å². The molecule has 0 spiro atoms. The van der Waals surface area contributed by atoms with Crippen LogP contribution >= 0.6 is 0 Å². The molecule has 210 valence electrons. The molecule has 0 radical (unpaired) electrons. The van der Waals surface area contributed by atoms with Crippen molar-refractivity contribution in [2.75, 3.05) is 52.6 Å². The van der Waals surface area contributed by atoms with Gasteiger partial charge < -0.3 is 24.5 Å². The van der Waals surface area contributed by atoms with Crippen LogP contribution in [0.15, 0.2) is 58.8 Å². The van der Waals surface area contributed by atoms with Gasteiger partial charge in [-0.05, 0) is 55.7 Å². The monoisotopic (exact) mass is 531 g/mol. The summed E-state index contributed by atoms with van der Waals surface area (Å²) in [6.07, 6.45) is 9.09. The molecule has 0 saturated heterocycles. The highest BCUT2D eigenvalue weighted by molar-refractivity contribution is 5.45. The van der Waals surface area contributed by atoms with Crippen molar-refractivity contribution in [1.82, 2.24) is 0 Å². The average molecular weight is 532 g/mol. The molecule has 0 unspecified atom stereocenters. The zero-order valence-electron chi connectivity index (χ0n) is 22.3. The lowest BCUT2D eigenvalue weighted by Gasteiger charge is -2.37. The van der Waals surface area contributed by atoms with Crippen LogP contribution in [0.5, 0.6) is 5.75 Å². The van der Waals surface area contributed by atoms with Gasteiger partial charge in [0.15, 0.2) is 0 Å². The van der Waals surface area contributed by atoms with E-state index in [0.29, 0.717) is 42.1 Å². The van der Waals surface area contributed by atoms with Crippen LogP contribution in [0.2, 0.25) is 0 Å². The van der Waals surface area contributed by atoms with E-state index in [1.165, 1.54) is 37.8 Å². The second-order valence-electron chi connectivity index (χ2n) is 9.55. The fraction of sp³-hybridized carbons (Fsp3) is 0.571. The molecule has 2 aromatic carbocycles. The molecule has 3 N–H and O–H groups in total. The molecule has 38 heavy (non-hydrogen) atoms. The van der Waals surface area contributed by atoms with E-state index < -0.39 is 4.92 Å². The number of nitro benzene ring substituents is 1. The summed E-state index contributed by atoms with van der Waals surface area (Å²) in [6.45, 7) is 3.55. The van der Waals surface area contributed by atoms with E-state index in [1.807, 2.05) is 24.3 Å². The Kier molecular flexibility index (Phi) is 15.1. The van der Waals surface area contributed by atoms with Gasteiger partial charge in [0.25, 0.3) is 5.69 Å². The van der Waals surface area contributed by atoms with Gasteiger partial charge in [0.1, 0.15) is 25.4 Å². The van der Waals surface area contributed by atoms with Crippen molar-refractivity contribution >= 4 is 17.1 Å². The van der Waals surface area contributed by atoms with Crippen molar-refractivity contribution in [3.05, 3.63) is 58.6 Å². The summed E-state index contributed by atoms with van der Waals surface area (Å²) in [7, 11) is 0. The van der Waals surface area contributed by atoms with Crippen molar-refractivity contribution in [3.8, 4) is 5.75 Å². The van der Waals surface area contributed by atoms with Gasteiger partial charge in [-0.25, -0.2) is 0 Å². The normalized spacial score (nSPS) is 11.8. The summed E-state index contributed by atoms with van der Waals surface area (Å²) in [5.74, 6) is 0.789. The van der Waals surface area contributed by atoms with E-state index in [0.717, 1.165) is 38.0 Å². The first-order valence-electron chi connectivity index (χ1n) is 13.6. The van der Waals surface area contributed by atoms with Gasteiger partial charge in [0.2, 0.25) is 0 Å².